The number of esters is 1. The van der Waals surface area contributed by atoms with E-state index in [1.165, 1.54) is 7.11 Å². The van der Waals surface area contributed by atoms with Gasteiger partial charge < -0.3 is 9.26 Å². The van der Waals surface area contributed by atoms with Gasteiger partial charge in [0.05, 0.1) is 7.11 Å². The van der Waals surface area contributed by atoms with Crippen molar-refractivity contribution in [1.29, 1.82) is 0 Å². The number of carbonyl (C=O) groups is 1. The second-order valence-electron chi connectivity index (χ2n) is 3.83. The summed E-state index contributed by atoms with van der Waals surface area (Å²) in [5.41, 5.74) is 0.0812. The van der Waals surface area contributed by atoms with Crippen LogP contribution in [0.15, 0.2) is 4.52 Å². The molecule has 0 aliphatic heterocycles. The molecule has 76 valence electrons. The van der Waals surface area contributed by atoms with Gasteiger partial charge in [-0.25, -0.2) is 0 Å². The molecule has 2 rings (SSSR count). The molecule has 1 saturated carbocycles. The molecule has 0 aromatic carbocycles. The first kappa shape index (κ1) is 9.18. The van der Waals surface area contributed by atoms with Crippen LogP contribution in [-0.2, 0) is 21.4 Å². The van der Waals surface area contributed by atoms with Crippen molar-refractivity contribution in [1.82, 2.24) is 10.1 Å². The van der Waals surface area contributed by atoms with E-state index in [-0.39, 0.29) is 17.8 Å². The lowest BCUT2D eigenvalue weighted by Gasteiger charge is -1.97. The van der Waals surface area contributed by atoms with E-state index in [1.54, 1.807) is 0 Å². The number of carbonyl (C=O) groups excluding carboxylic acids is 1. The molecule has 0 radical (unpaired) electrons. The predicted octanol–water partition coefficient (Wildman–Crippen LogP) is 0.837. The molecule has 1 heterocycles. The number of ether oxygens (including phenoxy) is 1. The first-order valence-corrected chi connectivity index (χ1v) is 4.54. The molecule has 1 aromatic heterocycles. The molecule has 0 spiro atoms. The third-order valence-corrected chi connectivity index (χ3v) is 2.53. The van der Waals surface area contributed by atoms with Crippen LogP contribution >= 0.6 is 0 Å². The summed E-state index contributed by atoms with van der Waals surface area (Å²) < 4.78 is 9.44. The summed E-state index contributed by atoms with van der Waals surface area (Å²) in [6.07, 6.45) is 2.23. The highest BCUT2D eigenvalue weighted by Crippen LogP contribution is 2.45. The van der Waals surface area contributed by atoms with Gasteiger partial charge in [-0.15, -0.1) is 0 Å². The Labute approximate surface area is 81.4 Å². The average molecular weight is 196 g/mol. The number of nitrogens with zero attached hydrogens (tertiary/aromatic N) is 2. The average Bonchev–Trinajstić information content (AvgIpc) is 2.75. The Hall–Kier alpha value is -1.39. The Bertz CT molecular complexity index is 355. The van der Waals surface area contributed by atoms with Crippen LogP contribution in [-0.4, -0.2) is 23.2 Å². The van der Waals surface area contributed by atoms with Gasteiger partial charge in [0.1, 0.15) is 6.42 Å². The van der Waals surface area contributed by atoms with Crippen LogP contribution in [0.1, 0.15) is 31.5 Å². The Balaban J connectivity index is 2.06. The van der Waals surface area contributed by atoms with Gasteiger partial charge in [0.2, 0.25) is 5.89 Å². The summed E-state index contributed by atoms with van der Waals surface area (Å²) in [5, 5.41) is 3.84. The van der Waals surface area contributed by atoms with E-state index in [1.807, 2.05) is 0 Å². The van der Waals surface area contributed by atoms with Gasteiger partial charge in [0.15, 0.2) is 5.82 Å². The van der Waals surface area contributed by atoms with Crippen molar-refractivity contribution in [2.45, 2.75) is 31.6 Å². The predicted molar refractivity (Wildman–Crippen MR) is 46.6 cm³/mol. The van der Waals surface area contributed by atoms with E-state index in [2.05, 4.69) is 21.8 Å². The number of aromatic nitrogens is 2. The lowest BCUT2D eigenvalue weighted by Crippen LogP contribution is -2.06. The molecule has 1 aliphatic carbocycles. The minimum absolute atomic E-state index is 0.0551. The maximum atomic E-state index is 10.9. The molecule has 1 aliphatic rings. The topological polar surface area (TPSA) is 65.2 Å². The molecule has 1 aromatic rings. The zero-order valence-corrected chi connectivity index (χ0v) is 8.24. The van der Waals surface area contributed by atoms with Crippen LogP contribution in [0.4, 0.5) is 0 Å². The lowest BCUT2D eigenvalue weighted by atomic mass is 10.1. The molecule has 0 saturated heterocycles. The summed E-state index contributed by atoms with van der Waals surface area (Å²) in [6, 6.07) is 0. The zero-order chi connectivity index (χ0) is 10.2. The second-order valence-corrected chi connectivity index (χ2v) is 3.83. The summed E-state index contributed by atoms with van der Waals surface area (Å²) >= 11 is 0. The van der Waals surface area contributed by atoms with Crippen LogP contribution in [0, 0.1) is 0 Å². The molecular formula is C9H12N2O3. The molecule has 14 heavy (non-hydrogen) atoms. The number of rotatable bonds is 3. The standard InChI is InChI=1S/C9H12N2O3/c1-9(3-4-9)8-10-6(14-11-8)5-7(12)13-2/h3-5H2,1-2H3. The molecule has 5 heteroatoms. The van der Waals surface area contributed by atoms with Crippen molar-refractivity contribution in [2.24, 2.45) is 0 Å². The van der Waals surface area contributed by atoms with E-state index in [0.29, 0.717) is 11.7 Å². The summed E-state index contributed by atoms with van der Waals surface area (Å²) in [6.45, 7) is 2.08. The fourth-order valence-corrected chi connectivity index (χ4v) is 1.18. The van der Waals surface area contributed by atoms with E-state index >= 15 is 0 Å². The highest BCUT2D eigenvalue weighted by Gasteiger charge is 2.43. The van der Waals surface area contributed by atoms with Gasteiger partial charge >= 0.3 is 5.97 Å². The molecule has 0 bridgehead atoms. The lowest BCUT2D eigenvalue weighted by molar-refractivity contribution is -0.140. The summed E-state index contributed by atoms with van der Waals surface area (Å²) in [4.78, 5) is 15.1. The zero-order valence-electron chi connectivity index (χ0n) is 8.24. The molecule has 0 N–H and O–H groups in total. The van der Waals surface area contributed by atoms with Crippen LogP contribution in [0.3, 0.4) is 0 Å². The van der Waals surface area contributed by atoms with Crippen LogP contribution in [0.25, 0.3) is 0 Å². The van der Waals surface area contributed by atoms with E-state index in [9.17, 15) is 4.79 Å². The van der Waals surface area contributed by atoms with Gasteiger partial charge in [-0.05, 0) is 12.8 Å². The minimum Gasteiger partial charge on any atom is -0.469 e. The Morgan fingerprint density at radius 1 is 1.64 bits per heavy atom. The van der Waals surface area contributed by atoms with Gasteiger partial charge in [-0.1, -0.05) is 12.1 Å². The van der Waals surface area contributed by atoms with Crippen molar-refractivity contribution >= 4 is 5.97 Å². The van der Waals surface area contributed by atoms with Crippen molar-refractivity contribution in [2.75, 3.05) is 7.11 Å². The number of hydrogen-bond donors (Lipinski definition) is 0. The SMILES string of the molecule is COC(=O)Cc1nc(C2(C)CC2)no1. The molecule has 1 fully saturated rings. The quantitative estimate of drug-likeness (QED) is 0.670. The largest absolute Gasteiger partial charge is 0.469 e. The highest BCUT2D eigenvalue weighted by atomic mass is 16.5. The molecule has 5 nitrogen and oxygen atoms in total. The van der Waals surface area contributed by atoms with Gasteiger partial charge in [0.25, 0.3) is 0 Å². The fourth-order valence-electron chi connectivity index (χ4n) is 1.18. The number of hydrogen-bond acceptors (Lipinski definition) is 5. The fraction of sp³-hybridized carbons (Fsp3) is 0.667. The van der Waals surface area contributed by atoms with Crippen LogP contribution < -0.4 is 0 Å². The maximum Gasteiger partial charge on any atom is 0.315 e. The number of methoxy groups -OCH3 is 1. The summed E-state index contributed by atoms with van der Waals surface area (Å²) in [5.74, 6) is 0.678. The van der Waals surface area contributed by atoms with Crippen molar-refractivity contribution in [3.8, 4) is 0 Å². The monoisotopic (exact) mass is 196 g/mol. The Morgan fingerprint density at radius 3 is 2.93 bits per heavy atom. The Kier molecular flexibility index (Phi) is 2.02. The molecular weight excluding hydrogens is 184 g/mol. The first-order chi connectivity index (χ1) is 6.64. The third-order valence-electron chi connectivity index (χ3n) is 2.53. The Morgan fingerprint density at radius 2 is 2.36 bits per heavy atom. The maximum absolute atomic E-state index is 10.9. The first-order valence-electron chi connectivity index (χ1n) is 4.54. The smallest absolute Gasteiger partial charge is 0.315 e. The normalized spacial score (nSPS) is 17.9. The van der Waals surface area contributed by atoms with Gasteiger partial charge in [-0.3, -0.25) is 4.79 Å². The van der Waals surface area contributed by atoms with Gasteiger partial charge in [-0.2, -0.15) is 4.98 Å². The molecule has 0 unspecified atom stereocenters. The molecule has 0 amide bonds. The second kappa shape index (κ2) is 3.08. The highest BCUT2D eigenvalue weighted by molar-refractivity contribution is 5.71. The van der Waals surface area contributed by atoms with Crippen molar-refractivity contribution in [3.63, 3.8) is 0 Å². The van der Waals surface area contributed by atoms with Crippen LogP contribution in [0.5, 0.6) is 0 Å². The molecule has 0 atom stereocenters. The third kappa shape index (κ3) is 1.62. The summed E-state index contributed by atoms with van der Waals surface area (Å²) in [7, 11) is 1.34. The van der Waals surface area contributed by atoms with E-state index in [0.717, 1.165) is 12.8 Å². The van der Waals surface area contributed by atoms with Crippen molar-refractivity contribution < 1.29 is 14.1 Å². The van der Waals surface area contributed by atoms with Crippen molar-refractivity contribution in [3.05, 3.63) is 11.7 Å². The van der Waals surface area contributed by atoms with Gasteiger partial charge in [0, 0.05) is 5.41 Å². The van der Waals surface area contributed by atoms with Crippen LogP contribution in [0.2, 0.25) is 0 Å². The minimum atomic E-state index is -0.360. The van der Waals surface area contributed by atoms with E-state index < -0.39 is 0 Å². The van der Waals surface area contributed by atoms with E-state index in [4.69, 9.17) is 4.52 Å².